The van der Waals surface area contributed by atoms with Crippen LogP contribution in [0.3, 0.4) is 0 Å². The molecule has 4 heterocycles. The summed E-state index contributed by atoms with van der Waals surface area (Å²) in [6.45, 7) is 31.0. The monoisotopic (exact) mass is 1030 g/mol. The van der Waals surface area contributed by atoms with Crippen molar-refractivity contribution in [3.63, 3.8) is 0 Å². The molecule has 10 heteroatoms. The lowest BCUT2D eigenvalue weighted by atomic mass is 9.29. The van der Waals surface area contributed by atoms with E-state index >= 15 is 0 Å². The lowest BCUT2D eigenvalue weighted by Gasteiger charge is -2.76. The first-order valence-corrected chi connectivity index (χ1v) is 29.6. The number of hydrogen-bond acceptors (Lipinski definition) is 8. The molecule has 0 radical (unpaired) electrons. The number of nitrogens with zero attached hydrogens (tertiary/aromatic N) is 2. The van der Waals surface area contributed by atoms with Crippen molar-refractivity contribution in [1.29, 1.82) is 0 Å². The fourth-order valence-electron chi connectivity index (χ4n) is 20.2. The van der Waals surface area contributed by atoms with Crippen LogP contribution in [-0.4, -0.2) is 82.9 Å². The fourth-order valence-corrected chi connectivity index (χ4v) is 20.2. The van der Waals surface area contributed by atoms with Gasteiger partial charge in [-0.25, -0.2) is 4.90 Å². The van der Waals surface area contributed by atoms with Crippen molar-refractivity contribution >= 4 is 29.3 Å². The van der Waals surface area contributed by atoms with E-state index in [-0.39, 0.29) is 101 Å². The molecule has 76 heavy (non-hydrogen) atoms. The molecule has 4 aliphatic heterocycles. The van der Waals surface area contributed by atoms with Crippen molar-refractivity contribution in [2.75, 3.05) is 4.90 Å². The third-order valence-corrected chi connectivity index (χ3v) is 22.3. The molecule has 4 saturated heterocycles. The molecule has 11 aliphatic rings. The molecule has 4 amide bonds. The molecule has 3 aromatic rings. The first kappa shape index (κ1) is 51.2. The highest BCUT2D eigenvalue weighted by atomic mass is 16.6. The number of rotatable bonds is 4. The van der Waals surface area contributed by atoms with Crippen molar-refractivity contribution in [3.05, 3.63) is 87.5 Å². The van der Waals surface area contributed by atoms with Gasteiger partial charge in [0.05, 0.1) is 78.2 Å². The van der Waals surface area contributed by atoms with Crippen LogP contribution < -0.4 is 4.90 Å². The van der Waals surface area contributed by atoms with E-state index in [1.165, 1.54) is 37.6 Å². The van der Waals surface area contributed by atoms with Crippen molar-refractivity contribution in [2.45, 2.75) is 219 Å². The van der Waals surface area contributed by atoms with Gasteiger partial charge >= 0.3 is 0 Å². The number of carbonyl (C=O) groups is 4. The lowest BCUT2D eigenvalue weighted by molar-refractivity contribution is -0.298. The van der Waals surface area contributed by atoms with Crippen molar-refractivity contribution < 1.29 is 38.1 Å². The van der Waals surface area contributed by atoms with Gasteiger partial charge < -0.3 is 18.9 Å². The SMILES string of the molecule is Cc1cc(-c2cc(C)c(C(C)(C)C)c(C)c2)cc(C)c1N1C(=O)C2CC3OC4CC5C(CC4OC3CC2C1=O)C1(C(C)C)c2ccccc2C5(C(C)C)C2CC3OC4CC5C(=O)N(C(C)(C)C)C(=O)C5CC4OC3CC21. The highest BCUT2D eigenvalue weighted by Gasteiger charge is 2.75. The molecule has 18 atom stereocenters. The molecule has 0 spiro atoms. The van der Waals surface area contributed by atoms with Crippen LogP contribution in [0.15, 0.2) is 48.5 Å². The average Bonchev–Trinajstić information content (AvgIpc) is 3.45. The second-order valence-electron chi connectivity index (χ2n) is 28.7. The molecule has 18 unspecified atom stereocenters. The van der Waals surface area contributed by atoms with Crippen LogP contribution in [0.2, 0.25) is 0 Å². The Labute approximate surface area is 452 Å². The summed E-state index contributed by atoms with van der Waals surface area (Å²) >= 11 is 0. The largest absolute Gasteiger partial charge is 0.370 e. The summed E-state index contributed by atoms with van der Waals surface area (Å²) < 4.78 is 29.4. The van der Waals surface area contributed by atoms with Crippen LogP contribution in [0.4, 0.5) is 5.69 Å². The van der Waals surface area contributed by atoms with E-state index in [2.05, 4.69) is 111 Å². The van der Waals surface area contributed by atoms with Crippen LogP contribution in [0.1, 0.15) is 160 Å². The maximum absolute atomic E-state index is 14.8. The Morgan fingerprint density at radius 1 is 0.461 bits per heavy atom. The topological polar surface area (TPSA) is 112 Å². The van der Waals surface area contributed by atoms with Crippen molar-refractivity contribution in [2.24, 2.45) is 59.2 Å². The number of aryl methyl sites for hydroxylation is 4. The minimum absolute atomic E-state index is 0.0388. The molecule has 14 rings (SSSR count). The number of carbonyl (C=O) groups excluding carboxylic acids is 4. The minimum atomic E-state index is -0.569. The van der Waals surface area contributed by atoms with Crippen molar-refractivity contribution in [3.8, 4) is 11.1 Å². The summed E-state index contributed by atoms with van der Waals surface area (Å²) in [5.74, 6) is 0.0915. The second kappa shape index (κ2) is 17.1. The summed E-state index contributed by atoms with van der Waals surface area (Å²) in [5, 5.41) is 0. The standard InChI is InChI=1S/C66H84N2O8/c1-31(2)65-43-17-15-16-18-44(43)66(32(3)4,48-30-56-55(29-47(48)65)75-51-25-41-42(26-52(51)76-56)62(72)68(61(41)71)64(12,13)14)46-28-54-53(27-45(46)65)73-49-23-39-40(24-50(49)74-54)60(70)67(59(39)69)58-35(7)21-38(22-36(58)8)37-19-33(5)57(34(6)20-37)63(9,10)11/h15-22,31-32,39-42,45-56H,23-30H2,1-14H3. The van der Waals surface area contributed by atoms with Crippen LogP contribution in [-0.2, 0) is 54.4 Å². The Bertz CT molecular complexity index is 2790. The van der Waals surface area contributed by atoms with Gasteiger partial charge in [-0.15, -0.1) is 0 Å². The van der Waals surface area contributed by atoms with E-state index in [0.29, 0.717) is 61.2 Å². The summed E-state index contributed by atoms with van der Waals surface area (Å²) in [7, 11) is 0. The number of amides is 4. The van der Waals surface area contributed by atoms with Crippen LogP contribution in [0, 0.1) is 86.9 Å². The Kier molecular flexibility index (Phi) is 11.6. The van der Waals surface area contributed by atoms with E-state index in [1.807, 2.05) is 34.6 Å². The molecule has 9 fully saturated rings. The van der Waals surface area contributed by atoms with Gasteiger partial charge in [0.1, 0.15) is 0 Å². The maximum Gasteiger partial charge on any atom is 0.237 e. The van der Waals surface area contributed by atoms with Gasteiger partial charge in [-0.3, -0.25) is 24.1 Å². The molecule has 5 saturated carbocycles. The van der Waals surface area contributed by atoms with Gasteiger partial charge in [-0.1, -0.05) is 84.9 Å². The number of fused-ring (bicyclic) bond motifs is 6. The van der Waals surface area contributed by atoms with E-state index in [0.717, 1.165) is 53.6 Å². The first-order valence-electron chi connectivity index (χ1n) is 29.6. The second-order valence-corrected chi connectivity index (χ2v) is 28.7. The van der Waals surface area contributed by atoms with Gasteiger partial charge in [0.15, 0.2) is 0 Å². The Balaban J connectivity index is 0.789. The summed E-state index contributed by atoms with van der Waals surface area (Å²) in [6, 6.07) is 18.3. The van der Waals surface area contributed by atoms with Gasteiger partial charge in [0.25, 0.3) is 0 Å². The van der Waals surface area contributed by atoms with Gasteiger partial charge in [-0.05, 0) is 203 Å². The highest BCUT2D eigenvalue weighted by molar-refractivity contribution is 6.23. The number of ether oxygens (including phenoxy) is 4. The maximum atomic E-state index is 14.8. The molecule has 2 bridgehead atoms. The number of anilines is 1. The predicted octanol–water partition coefficient (Wildman–Crippen LogP) is 11.6. The fraction of sp³-hybridized carbons (Fsp3) is 0.667. The summed E-state index contributed by atoms with van der Waals surface area (Å²) in [5.41, 5.74) is 10.9. The van der Waals surface area contributed by atoms with Gasteiger partial charge in [0, 0.05) is 16.4 Å². The van der Waals surface area contributed by atoms with E-state index in [9.17, 15) is 19.2 Å². The highest BCUT2D eigenvalue weighted by Crippen LogP contribution is 2.76. The van der Waals surface area contributed by atoms with Crippen LogP contribution >= 0.6 is 0 Å². The van der Waals surface area contributed by atoms with Gasteiger partial charge in [-0.2, -0.15) is 0 Å². The number of benzene rings is 3. The van der Waals surface area contributed by atoms with E-state index in [1.54, 1.807) is 0 Å². The summed E-state index contributed by atoms with van der Waals surface area (Å²) in [4.78, 5) is 60.4. The predicted molar refractivity (Wildman–Crippen MR) is 293 cm³/mol. The molecular formula is C66H84N2O8. The molecule has 10 nitrogen and oxygen atoms in total. The van der Waals surface area contributed by atoms with Crippen LogP contribution in [0.5, 0.6) is 0 Å². The van der Waals surface area contributed by atoms with E-state index < -0.39 is 17.4 Å². The van der Waals surface area contributed by atoms with E-state index in [4.69, 9.17) is 18.9 Å². The Hall–Kier alpha value is -4.22. The molecule has 7 aliphatic carbocycles. The number of likely N-dealkylation sites (tertiary alicyclic amines) is 1. The normalized spacial score (nSPS) is 40.3. The molecule has 3 aromatic carbocycles. The molecule has 406 valence electrons. The molecular weight excluding hydrogens is 949 g/mol. The third-order valence-electron chi connectivity index (χ3n) is 22.3. The quantitative estimate of drug-likeness (QED) is 0.238. The first-order chi connectivity index (χ1) is 35.9. The smallest absolute Gasteiger partial charge is 0.237 e. The number of imide groups is 2. The zero-order chi connectivity index (χ0) is 53.8. The molecule has 0 N–H and O–H groups in total. The zero-order valence-electron chi connectivity index (χ0n) is 47.8. The summed E-state index contributed by atoms with van der Waals surface area (Å²) in [6.07, 6.45) is 4.24. The Morgan fingerprint density at radius 3 is 1.07 bits per heavy atom. The van der Waals surface area contributed by atoms with Crippen molar-refractivity contribution in [1.82, 2.24) is 4.90 Å². The zero-order valence-corrected chi connectivity index (χ0v) is 47.8. The minimum Gasteiger partial charge on any atom is -0.370 e. The number of hydrogen-bond donors (Lipinski definition) is 0. The third kappa shape index (κ3) is 6.90. The Morgan fingerprint density at radius 2 is 0.763 bits per heavy atom. The molecule has 0 aromatic heterocycles. The lowest BCUT2D eigenvalue weighted by Crippen LogP contribution is -2.76. The average molecular weight is 1030 g/mol. The van der Waals surface area contributed by atoms with Gasteiger partial charge in [0.2, 0.25) is 23.6 Å². The van der Waals surface area contributed by atoms with Crippen LogP contribution in [0.25, 0.3) is 11.1 Å².